The Hall–Kier alpha value is -2.64. The molecule has 3 radical (unpaired) electrons. The first-order valence-corrected chi connectivity index (χ1v) is 24.5. The van der Waals surface area contributed by atoms with E-state index in [9.17, 15) is 86.1 Å². The average molecular weight is 1080 g/mol. The zero-order valence-corrected chi connectivity index (χ0v) is 39.5. The molecule has 38 nitrogen and oxygen atoms in total. The number of aromatic nitrogens is 8. The normalized spacial score (nSPS) is 18.9. The molecule has 0 saturated carbocycles. The maximum Gasteiger partial charge on any atom is 1.00 e. The molecule has 365 valence electrons. The van der Waals surface area contributed by atoms with Gasteiger partial charge in [0, 0.05) is 8.41 Å². The van der Waals surface area contributed by atoms with Crippen LogP contribution in [0.25, 0.3) is 22.3 Å². The molecule has 4 heterocycles. The van der Waals surface area contributed by atoms with Gasteiger partial charge in [0.05, 0.1) is 39.1 Å². The van der Waals surface area contributed by atoms with Crippen molar-refractivity contribution in [2.24, 2.45) is 0 Å². The summed E-state index contributed by atoms with van der Waals surface area (Å²) in [6.45, 7) is -4.09. The van der Waals surface area contributed by atoms with Crippen molar-refractivity contribution < 1.29 is 153 Å². The number of rotatable bonds is 24. The minimum absolute atomic E-state index is 0. The van der Waals surface area contributed by atoms with Crippen molar-refractivity contribution >= 4 is 102 Å². The quantitative estimate of drug-likeness (QED) is 0.0183. The van der Waals surface area contributed by atoms with Gasteiger partial charge in [0.15, 0.2) is 47.4 Å². The Morgan fingerprint density at radius 1 is 0.682 bits per heavy atom. The van der Waals surface area contributed by atoms with Gasteiger partial charge in [0.25, 0.3) is 58.1 Å². The zero-order valence-electron chi connectivity index (χ0n) is 33.1. The summed E-state index contributed by atoms with van der Waals surface area (Å²) in [5.41, 5.74) is 8.59. The Morgan fingerprint density at radius 2 is 1.11 bits per heavy atom. The molecule has 0 spiro atoms. The van der Waals surface area contributed by atoms with Gasteiger partial charge in [-0.1, -0.05) is 0 Å². The van der Waals surface area contributed by atoms with Crippen LogP contribution in [-0.2, 0) is 72.7 Å². The number of nitrogen functional groups attached to an aromatic ring is 2. The molecule has 4 aromatic rings. The van der Waals surface area contributed by atoms with Crippen LogP contribution in [0.2, 0.25) is 0 Å². The standard InChI is InChI=1S/C10H18N5O14P3.C10H14N5O14P3.B.Na.H/c2*11-10-13-8-7(9(18)14-10)12-4-15(8)6(2-17)27-5(1-16)3-26-31(22,23)29-32(24,25)28-30(19,20)21;;;/h4-6,16-17H,1-3H2,(H,22,23)(H,24,25)(H2,19,20,21)(H3,11,13,14,18);1-2,4-6H,3H2,(H,22,23)(H,24,25)(H2,19,20,21)(H3,11,13,14,18);;;/q;;;+1;-1/p-6/t2*5-,6+;;;/m00.../s1. The summed E-state index contributed by atoms with van der Waals surface area (Å²) in [5, 5.41) is 18.9. The van der Waals surface area contributed by atoms with Crippen LogP contribution < -0.4 is 81.5 Å². The number of aromatic amines is 2. The van der Waals surface area contributed by atoms with Crippen LogP contribution >= 0.6 is 46.9 Å². The number of nitrogens with two attached hydrogens (primary N) is 2. The van der Waals surface area contributed by atoms with Crippen molar-refractivity contribution in [3.05, 3.63) is 33.4 Å². The number of carbonyl (C=O) groups excluding carboxylic acids is 2. The van der Waals surface area contributed by atoms with E-state index in [1.807, 2.05) is 0 Å². The number of phosphoric ester groups is 2. The molecule has 0 aliphatic carbocycles. The molecule has 0 saturated heterocycles. The number of anilines is 2. The van der Waals surface area contributed by atoms with Gasteiger partial charge in [-0.2, -0.15) is 9.97 Å². The molecule has 6 unspecified atom stereocenters. The van der Waals surface area contributed by atoms with Crippen molar-refractivity contribution in [2.75, 3.05) is 37.9 Å². The van der Waals surface area contributed by atoms with Crippen LogP contribution in [0.4, 0.5) is 11.9 Å². The second kappa shape index (κ2) is 24.8. The predicted molar refractivity (Wildman–Crippen MR) is 192 cm³/mol. The second-order valence-corrected chi connectivity index (χ2v) is 19.7. The number of nitrogens with one attached hydrogen (secondary N) is 2. The summed E-state index contributed by atoms with van der Waals surface area (Å²) in [5.74, 6) is -0.634. The number of aldehydes is 2. The molecule has 0 aliphatic heterocycles. The largest absolute Gasteiger partial charge is 1.00 e. The van der Waals surface area contributed by atoms with Gasteiger partial charge in [-0.25, -0.2) is 27.2 Å². The van der Waals surface area contributed by atoms with Crippen molar-refractivity contribution in [3.8, 4) is 0 Å². The first-order valence-electron chi connectivity index (χ1n) is 15.7. The molecule has 0 fully saturated rings. The van der Waals surface area contributed by atoms with Crippen LogP contribution in [0.3, 0.4) is 0 Å². The fraction of sp³-hybridized carbons (Fsp3) is 0.400. The molecular formula is C20H27BN10NaO28P6-6. The van der Waals surface area contributed by atoms with Crippen molar-refractivity contribution in [1.82, 2.24) is 39.0 Å². The fourth-order valence-corrected chi connectivity index (χ4v) is 10.0. The number of phosphoric acid groups is 6. The van der Waals surface area contributed by atoms with E-state index in [2.05, 4.69) is 56.2 Å². The van der Waals surface area contributed by atoms with Gasteiger partial charge in [-0.3, -0.25) is 60.9 Å². The van der Waals surface area contributed by atoms with Gasteiger partial charge < -0.3 is 85.6 Å². The van der Waals surface area contributed by atoms with Gasteiger partial charge in [-0.05, 0) is 0 Å². The number of nitrogens with zero attached hydrogens (tertiary/aromatic N) is 6. The predicted octanol–water partition coefficient (Wildman–Crippen LogP) is -10.8. The van der Waals surface area contributed by atoms with E-state index >= 15 is 0 Å². The Bertz CT molecular complexity index is 2730. The molecule has 46 heteroatoms. The molecule has 4 rings (SSSR count). The zero-order chi connectivity index (χ0) is 48.6. The van der Waals surface area contributed by atoms with Crippen molar-refractivity contribution in [3.63, 3.8) is 0 Å². The van der Waals surface area contributed by atoms with Crippen LogP contribution in [0.15, 0.2) is 22.2 Å². The van der Waals surface area contributed by atoms with Gasteiger partial charge >= 0.3 is 29.6 Å². The Kier molecular flexibility index (Phi) is 23.0. The van der Waals surface area contributed by atoms with Crippen LogP contribution in [-0.4, -0.2) is 119 Å². The Morgan fingerprint density at radius 3 is 1.50 bits per heavy atom. The summed E-state index contributed by atoms with van der Waals surface area (Å²) in [6, 6.07) is 0. The SMILES string of the molecule is Nc1nc2c(ncn2[C@@H](C=O)O[C@@H](C=O)COP(=O)([O-])OP(=O)([O-])OP(=O)([O-])O)c(=O)[nH]1.Nc1nc2c(ncn2[C@@H](CO)O[C@@H](CO)COP(=O)([O-])OP(=O)([O-])OP(=O)([O-])O)c(=O)[nH]1.[B].[H-].[Na+]. The summed E-state index contributed by atoms with van der Waals surface area (Å²) in [6.07, 6.45) is -4.51. The molecular weight excluding hydrogens is 1050 g/mol. The molecule has 66 heavy (non-hydrogen) atoms. The van der Waals surface area contributed by atoms with E-state index in [-0.39, 0.29) is 86.2 Å². The average Bonchev–Trinajstić information content (AvgIpc) is 3.74. The minimum atomic E-state index is -6.14. The van der Waals surface area contributed by atoms with Gasteiger partial charge in [-0.15, -0.1) is 0 Å². The number of hydrogen-bond acceptors (Lipinski definition) is 32. The smallest absolute Gasteiger partial charge is 1.00 e. The van der Waals surface area contributed by atoms with E-state index in [4.69, 9.17) is 30.7 Å². The van der Waals surface area contributed by atoms with E-state index in [0.29, 0.717) is 0 Å². The third-order valence-corrected chi connectivity index (χ3v) is 13.8. The molecule has 0 amide bonds. The molecule has 10 N–H and O–H groups in total. The van der Waals surface area contributed by atoms with E-state index in [1.165, 1.54) is 0 Å². The maximum atomic E-state index is 11.8. The number of carbonyl (C=O) groups is 2. The van der Waals surface area contributed by atoms with E-state index < -0.39 is 109 Å². The minimum Gasteiger partial charge on any atom is -1.00 e. The second-order valence-electron chi connectivity index (χ2n) is 11.1. The Labute approximate surface area is 388 Å². The summed E-state index contributed by atoms with van der Waals surface area (Å²) < 4.78 is 99.6. The first-order chi connectivity index (χ1) is 29.3. The van der Waals surface area contributed by atoms with Crippen LogP contribution in [0.5, 0.6) is 0 Å². The molecule has 0 aromatic carbocycles. The van der Waals surface area contributed by atoms with Gasteiger partial charge in [0.2, 0.25) is 11.9 Å². The molecule has 4 aromatic heterocycles. The summed E-state index contributed by atoms with van der Waals surface area (Å²) >= 11 is 0. The van der Waals surface area contributed by atoms with Crippen LogP contribution in [0.1, 0.15) is 13.9 Å². The summed E-state index contributed by atoms with van der Waals surface area (Å²) in [4.78, 5) is 148. The molecule has 0 bridgehead atoms. The first kappa shape index (κ1) is 61.4. The third-order valence-electron chi connectivity index (χ3n) is 6.40. The van der Waals surface area contributed by atoms with E-state index in [1.54, 1.807) is 0 Å². The number of aliphatic hydroxyl groups excluding tert-OH is 2. The number of imidazole rings is 2. The van der Waals surface area contributed by atoms with Gasteiger partial charge in [0.1, 0.15) is 12.2 Å². The van der Waals surface area contributed by atoms with E-state index in [0.717, 1.165) is 21.8 Å². The maximum absolute atomic E-state index is 11.8. The van der Waals surface area contributed by atoms with Crippen LogP contribution in [0, 0.1) is 0 Å². The third kappa shape index (κ3) is 19.4. The van der Waals surface area contributed by atoms with Crippen molar-refractivity contribution in [1.29, 1.82) is 0 Å². The monoisotopic (exact) mass is 1070 g/mol. The number of H-pyrrole nitrogens is 2. The fourth-order valence-electron chi connectivity index (χ4n) is 4.20. The number of aliphatic hydroxyl groups is 2. The molecule has 10 atom stereocenters. The number of fused-ring (bicyclic) bond motifs is 2. The summed E-state index contributed by atoms with van der Waals surface area (Å²) in [7, 11) is -35.7. The Balaban J connectivity index is 0.00000124. The number of ether oxygens (including phenoxy) is 2. The number of hydrogen-bond donors (Lipinski definition) is 8. The topological polar surface area (TPSA) is 609 Å². The molecule has 0 aliphatic rings. The van der Waals surface area contributed by atoms with Crippen molar-refractivity contribution in [2.45, 2.75) is 24.7 Å².